The third-order valence-electron chi connectivity index (χ3n) is 4.11. The second-order valence-electron chi connectivity index (χ2n) is 6.04. The van der Waals surface area contributed by atoms with E-state index in [4.69, 9.17) is 4.99 Å². The molecule has 1 fully saturated rings. The smallest absolute Gasteiger partial charge is 0.216 e. The number of nitrogens with one attached hydrogen (secondary N) is 2. The summed E-state index contributed by atoms with van der Waals surface area (Å²) in [6, 6.07) is 20.5. The molecule has 1 aliphatic carbocycles. The van der Waals surface area contributed by atoms with Crippen LogP contribution in [-0.4, -0.2) is 18.2 Å². The van der Waals surface area contributed by atoms with Crippen LogP contribution in [0.15, 0.2) is 70.8 Å². The third kappa shape index (κ3) is 5.23. The van der Waals surface area contributed by atoms with Crippen LogP contribution < -0.4 is 10.7 Å². The van der Waals surface area contributed by atoms with Gasteiger partial charge in [-0.15, -0.1) is 0 Å². The van der Waals surface area contributed by atoms with Gasteiger partial charge in [0.05, 0.1) is 12.3 Å². The van der Waals surface area contributed by atoms with E-state index < -0.39 is 0 Å². The van der Waals surface area contributed by atoms with Crippen molar-refractivity contribution in [3.8, 4) is 0 Å². The van der Waals surface area contributed by atoms with Gasteiger partial charge in [0, 0.05) is 5.69 Å². The summed E-state index contributed by atoms with van der Waals surface area (Å²) in [7, 11) is 0. The molecular formula is C20H24N4. The maximum atomic E-state index is 4.84. The number of para-hydroxylation sites is 1. The van der Waals surface area contributed by atoms with Gasteiger partial charge in [-0.25, -0.2) is 10.4 Å². The molecule has 0 aliphatic heterocycles. The Kier molecular flexibility index (Phi) is 6.00. The van der Waals surface area contributed by atoms with Crippen LogP contribution in [0, 0.1) is 0 Å². The van der Waals surface area contributed by atoms with Crippen molar-refractivity contribution in [2.24, 2.45) is 10.1 Å². The van der Waals surface area contributed by atoms with Gasteiger partial charge < -0.3 is 5.32 Å². The molecule has 4 nitrogen and oxygen atoms in total. The van der Waals surface area contributed by atoms with Crippen LogP contribution in [0.1, 0.15) is 37.7 Å². The average molecular weight is 320 g/mol. The minimum Gasteiger partial charge on any atom is -0.325 e. The van der Waals surface area contributed by atoms with Gasteiger partial charge in [-0.2, -0.15) is 5.10 Å². The molecule has 0 bridgehead atoms. The first-order valence-corrected chi connectivity index (χ1v) is 8.64. The monoisotopic (exact) mass is 320 g/mol. The fraction of sp³-hybridized carbons (Fsp3) is 0.300. The molecule has 0 saturated heterocycles. The Balaban J connectivity index is 1.68. The molecule has 0 radical (unpaired) electrons. The number of nitrogens with zero attached hydrogens (tertiary/aromatic N) is 2. The highest BCUT2D eigenvalue weighted by molar-refractivity contribution is 5.94. The van der Waals surface area contributed by atoms with Crippen molar-refractivity contribution >= 4 is 17.9 Å². The van der Waals surface area contributed by atoms with Crippen molar-refractivity contribution in [1.29, 1.82) is 0 Å². The highest BCUT2D eigenvalue weighted by Crippen LogP contribution is 2.20. The second kappa shape index (κ2) is 8.87. The summed E-state index contributed by atoms with van der Waals surface area (Å²) < 4.78 is 0. The summed E-state index contributed by atoms with van der Waals surface area (Å²) in [5, 5.41) is 7.67. The summed E-state index contributed by atoms with van der Waals surface area (Å²) in [6.07, 6.45) is 7.98. The molecule has 0 amide bonds. The summed E-state index contributed by atoms with van der Waals surface area (Å²) in [5.74, 6) is 0.709. The summed E-state index contributed by atoms with van der Waals surface area (Å²) in [4.78, 5) is 4.84. The van der Waals surface area contributed by atoms with E-state index in [1.165, 1.54) is 19.3 Å². The van der Waals surface area contributed by atoms with Crippen LogP contribution in [0.4, 0.5) is 5.69 Å². The SMILES string of the molecule is C(=N\NC(=NC1CCCCC1)Nc1ccccc1)/c1ccccc1. The number of aliphatic imine (C=N–C) groups is 1. The molecule has 2 aromatic carbocycles. The minimum absolute atomic E-state index is 0.379. The zero-order valence-corrected chi connectivity index (χ0v) is 13.9. The van der Waals surface area contributed by atoms with Crippen molar-refractivity contribution in [3.63, 3.8) is 0 Å². The lowest BCUT2D eigenvalue weighted by Gasteiger charge is -2.19. The fourth-order valence-electron chi connectivity index (χ4n) is 2.85. The Morgan fingerprint density at radius 2 is 1.54 bits per heavy atom. The average Bonchev–Trinajstić information content (AvgIpc) is 2.64. The van der Waals surface area contributed by atoms with E-state index in [2.05, 4.69) is 15.8 Å². The summed E-state index contributed by atoms with van der Waals surface area (Å²) in [6.45, 7) is 0. The van der Waals surface area contributed by atoms with Gasteiger partial charge in [-0.3, -0.25) is 0 Å². The highest BCUT2D eigenvalue weighted by Gasteiger charge is 2.13. The molecule has 3 rings (SSSR count). The molecule has 0 atom stereocenters. The van der Waals surface area contributed by atoms with Crippen molar-refractivity contribution in [3.05, 3.63) is 66.2 Å². The number of hydrogen-bond acceptors (Lipinski definition) is 2. The van der Waals surface area contributed by atoms with E-state index in [0.717, 1.165) is 24.1 Å². The lowest BCUT2D eigenvalue weighted by Crippen LogP contribution is -2.29. The Bertz CT molecular complexity index is 659. The highest BCUT2D eigenvalue weighted by atomic mass is 15.4. The van der Waals surface area contributed by atoms with E-state index in [0.29, 0.717) is 12.0 Å². The molecular weight excluding hydrogens is 296 g/mol. The first kappa shape index (κ1) is 16.2. The molecule has 2 aromatic rings. The van der Waals surface area contributed by atoms with Crippen LogP contribution in [0.2, 0.25) is 0 Å². The molecule has 2 N–H and O–H groups in total. The molecule has 4 heteroatoms. The van der Waals surface area contributed by atoms with Gasteiger partial charge in [0.1, 0.15) is 0 Å². The number of hydrazone groups is 1. The number of anilines is 1. The lowest BCUT2D eigenvalue weighted by molar-refractivity contribution is 0.442. The molecule has 1 aliphatic rings. The first-order valence-electron chi connectivity index (χ1n) is 8.64. The minimum atomic E-state index is 0.379. The van der Waals surface area contributed by atoms with Crippen LogP contribution in [0.5, 0.6) is 0 Å². The van der Waals surface area contributed by atoms with Crippen LogP contribution in [0.25, 0.3) is 0 Å². The van der Waals surface area contributed by atoms with E-state index >= 15 is 0 Å². The largest absolute Gasteiger partial charge is 0.325 e. The molecule has 0 unspecified atom stereocenters. The normalized spacial score (nSPS) is 16.2. The van der Waals surface area contributed by atoms with Crippen molar-refractivity contribution in [1.82, 2.24) is 5.43 Å². The number of guanidine groups is 1. The second-order valence-corrected chi connectivity index (χ2v) is 6.04. The summed E-state index contributed by atoms with van der Waals surface area (Å²) in [5.41, 5.74) is 5.14. The van der Waals surface area contributed by atoms with E-state index in [1.807, 2.05) is 66.9 Å². The van der Waals surface area contributed by atoms with Gasteiger partial charge >= 0.3 is 0 Å². The topological polar surface area (TPSA) is 48.8 Å². The van der Waals surface area contributed by atoms with Gasteiger partial charge in [0.25, 0.3) is 0 Å². The van der Waals surface area contributed by atoms with Gasteiger partial charge in [-0.05, 0) is 30.5 Å². The maximum Gasteiger partial charge on any atom is 0.216 e. The number of hydrogen-bond donors (Lipinski definition) is 2. The number of rotatable bonds is 4. The predicted octanol–water partition coefficient (Wildman–Crippen LogP) is 4.41. The quantitative estimate of drug-likeness (QED) is 0.498. The predicted molar refractivity (Wildman–Crippen MR) is 102 cm³/mol. The van der Waals surface area contributed by atoms with Crippen LogP contribution >= 0.6 is 0 Å². The van der Waals surface area contributed by atoms with E-state index in [-0.39, 0.29) is 0 Å². The molecule has 0 aromatic heterocycles. The zero-order valence-electron chi connectivity index (χ0n) is 13.9. The van der Waals surface area contributed by atoms with Crippen LogP contribution in [0.3, 0.4) is 0 Å². The summed E-state index contributed by atoms with van der Waals surface area (Å²) >= 11 is 0. The lowest BCUT2D eigenvalue weighted by atomic mass is 9.96. The van der Waals surface area contributed by atoms with E-state index in [1.54, 1.807) is 0 Å². The van der Waals surface area contributed by atoms with Gasteiger partial charge in [-0.1, -0.05) is 67.8 Å². The Labute approximate surface area is 143 Å². The molecule has 0 spiro atoms. The maximum absolute atomic E-state index is 4.84. The third-order valence-corrected chi connectivity index (χ3v) is 4.11. The van der Waals surface area contributed by atoms with Gasteiger partial charge in [0.2, 0.25) is 5.96 Å². The zero-order chi connectivity index (χ0) is 16.5. The van der Waals surface area contributed by atoms with Crippen molar-refractivity contribution in [2.75, 3.05) is 5.32 Å². The van der Waals surface area contributed by atoms with Crippen molar-refractivity contribution in [2.45, 2.75) is 38.1 Å². The Hall–Kier alpha value is -2.62. The standard InChI is InChI=1S/C20H24N4/c1-4-10-17(11-5-1)16-21-24-20(22-18-12-6-2-7-13-18)23-19-14-8-3-9-15-19/h1-2,4-7,10-13,16,19H,3,8-9,14-15H2,(H2,22,23,24)/b21-16+. The van der Waals surface area contributed by atoms with Crippen LogP contribution in [-0.2, 0) is 0 Å². The number of benzene rings is 2. The fourth-order valence-corrected chi connectivity index (χ4v) is 2.85. The molecule has 1 saturated carbocycles. The van der Waals surface area contributed by atoms with Crippen molar-refractivity contribution < 1.29 is 0 Å². The Morgan fingerprint density at radius 1 is 0.875 bits per heavy atom. The van der Waals surface area contributed by atoms with Gasteiger partial charge in [0.15, 0.2) is 0 Å². The molecule has 0 heterocycles. The Morgan fingerprint density at radius 3 is 2.25 bits per heavy atom. The first-order chi connectivity index (χ1) is 11.9. The molecule has 124 valence electrons. The molecule has 24 heavy (non-hydrogen) atoms. The van der Waals surface area contributed by atoms with E-state index in [9.17, 15) is 0 Å².